The summed E-state index contributed by atoms with van der Waals surface area (Å²) in [6, 6.07) is 4.91. The topological polar surface area (TPSA) is 65.8 Å². The van der Waals surface area contributed by atoms with Crippen LogP contribution in [-0.4, -0.2) is 16.9 Å². The van der Waals surface area contributed by atoms with Gasteiger partial charge in [-0.05, 0) is 19.1 Å². The largest absolute Gasteiger partial charge is 0.347 e. The smallest absolute Gasteiger partial charge is 0.270 e. The number of terminal acetylenes is 1. The number of aromatic nitrogens is 1. The van der Waals surface area contributed by atoms with Crippen LogP contribution in [0.5, 0.6) is 0 Å². The summed E-state index contributed by atoms with van der Waals surface area (Å²) < 4.78 is 0. The summed E-state index contributed by atoms with van der Waals surface area (Å²) >= 11 is 0. The molecule has 0 bridgehead atoms. The lowest BCUT2D eigenvalue weighted by Gasteiger charge is -2.09. The second-order valence-electron chi connectivity index (χ2n) is 3.33. The molecule has 1 atom stereocenters. The molecule has 1 aromatic heterocycles. The van der Waals surface area contributed by atoms with Crippen LogP contribution in [0.2, 0.25) is 0 Å². The first kappa shape index (κ1) is 11.7. The van der Waals surface area contributed by atoms with Gasteiger partial charge in [0.15, 0.2) is 0 Å². The summed E-state index contributed by atoms with van der Waals surface area (Å²) in [5, 5.41) is 11.3. The first-order valence-corrected chi connectivity index (χ1v) is 4.78. The maximum atomic E-state index is 11.6. The fourth-order valence-electron chi connectivity index (χ4n) is 1.12. The van der Waals surface area contributed by atoms with E-state index < -0.39 is 0 Å². The molecule has 4 heteroatoms. The van der Waals surface area contributed by atoms with Crippen molar-refractivity contribution in [2.45, 2.75) is 19.4 Å². The molecule has 1 amide bonds. The number of hydrogen-bond donors (Lipinski definition) is 1. The molecule has 1 heterocycles. The first-order valence-electron chi connectivity index (χ1n) is 4.78. The van der Waals surface area contributed by atoms with Gasteiger partial charge in [0.05, 0.1) is 5.56 Å². The van der Waals surface area contributed by atoms with Crippen LogP contribution in [0, 0.1) is 23.7 Å². The molecular weight excluding hydrogens is 202 g/mol. The van der Waals surface area contributed by atoms with Crippen molar-refractivity contribution in [2.75, 3.05) is 0 Å². The third-order valence-electron chi connectivity index (χ3n) is 1.93. The van der Waals surface area contributed by atoms with E-state index in [4.69, 9.17) is 11.7 Å². The van der Waals surface area contributed by atoms with Gasteiger partial charge < -0.3 is 5.32 Å². The van der Waals surface area contributed by atoms with E-state index in [0.29, 0.717) is 12.0 Å². The molecule has 1 N–H and O–H groups in total. The van der Waals surface area contributed by atoms with Gasteiger partial charge >= 0.3 is 0 Å². The lowest BCUT2D eigenvalue weighted by molar-refractivity contribution is 0.0936. The zero-order chi connectivity index (χ0) is 12.0. The minimum Gasteiger partial charge on any atom is -0.347 e. The summed E-state index contributed by atoms with van der Waals surface area (Å²) in [5.74, 6) is 2.18. The van der Waals surface area contributed by atoms with Gasteiger partial charge in [0.2, 0.25) is 0 Å². The maximum absolute atomic E-state index is 11.6. The van der Waals surface area contributed by atoms with Crippen molar-refractivity contribution in [2.24, 2.45) is 0 Å². The molecule has 0 radical (unpaired) electrons. The van der Waals surface area contributed by atoms with Crippen molar-refractivity contribution >= 4 is 5.91 Å². The van der Waals surface area contributed by atoms with Crippen molar-refractivity contribution in [1.29, 1.82) is 5.26 Å². The molecule has 4 nitrogen and oxygen atoms in total. The Kier molecular flexibility index (Phi) is 4.06. The van der Waals surface area contributed by atoms with Gasteiger partial charge in [-0.3, -0.25) is 4.79 Å². The quantitative estimate of drug-likeness (QED) is 0.764. The Hall–Kier alpha value is -2.33. The molecule has 0 aliphatic carbocycles. The molecule has 80 valence electrons. The fraction of sp³-hybridized carbons (Fsp3) is 0.250. The highest BCUT2D eigenvalue weighted by molar-refractivity contribution is 5.92. The molecule has 1 unspecified atom stereocenters. The first-order chi connectivity index (χ1) is 7.67. The van der Waals surface area contributed by atoms with Gasteiger partial charge in [0.1, 0.15) is 11.8 Å². The molecule has 0 aliphatic rings. The Balaban J connectivity index is 2.67. The molecule has 16 heavy (non-hydrogen) atoms. The van der Waals surface area contributed by atoms with Gasteiger partial charge in [-0.15, -0.1) is 12.3 Å². The number of nitrogens with one attached hydrogen (secondary N) is 1. The summed E-state index contributed by atoms with van der Waals surface area (Å²) in [5.41, 5.74) is 0.705. The van der Waals surface area contributed by atoms with Crippen molar-refractivity contribution in [3.05, 3.63) is 29.6 Å². The number of pyridine rings is 1. The molecule has 0 spiro atoms. The second kappa shape index (κ2) is 5.53. The standard InChI is InChI=1S/C12H11N3O/c1-3-4-9(2)15-12(16)11-6-5-10(7-13)8-14-11/h1,5-6,8-9H,4H2,2H3,(H,15,16). The number of amides is 1. The molecule has 0 saturated carbocycles. The predicted molar refractivity (Wildman–Crippen MR) is 59.3 cm³/mol. The average molecular weight is 213 g/mol. The van der Waals surface area contributed by atoms with Gasteiger partial charge in [-0.25, -0.2) is 4.98 Å². The Labute approximate surface area is 94.3 Å². The maximum Gasteiger partial charge on any atom is 0.270 e. The highest BCUT2D eigenvalue weighted by Crippen LogP contribution is 2.00. The summed E-state index contributed by atoms with van der Waals surface area (Å²) in [4.78, 5) is 15.5. The summed E-state index contributed by atoms with van der Waals surface area (Å²) in [6.45, 7) is 1.82. The predicted octanol–water partition coefficient (Wildman–Crippen LogP) is 1.09. The zero-order valence-electron chi connectivity index (χ0n) is 8.90. The van der Waals surface area contributed by atoms with Crippen LogP contribution >= 0.6 is 0 Å². The third kappa shape index (κ3) is 3.11. The number of nitriles is 1. The highest BCUT2D eigenvalue weighted by atomic mass is 16.1. The monoisotopic (exact) mass is 213 g/mol. The van der Waals surface area contributed by atoms with E-state index in [0.717, 1.165) is 0 Å². The van der Waals surface area contributed by atoms with Gasteiger partial charge in [0, 0.05) is 18.7 Å². The van der Waals surface area contributed by atoms with Crippen molar-refractivity contribution in [3.63, 3.8) is 0 Å². The average Bonchev–Trinajstić information content (AvgIpc) is 2.29. The fourth-order valence-corrected chi connectivity index (χ4v) is 1.12. The molecule has 0 aromatic carbocycles. The highest BCUT2D eigenvalue weighted by Gasteiger charge is 2.09. The van der Waals surface area contributed by atoms with Gasteiger partial charge in [-0.2, -0.15) is 5.26 Å². The number of nitrogens with zero attached hydrogens (tertiary/aromatic N) is 2. The Morgan fingerprint density at radius 1 is 1.69 bits per heavy atom. The Morgan fingerprint density at radius 2 is 2.44 bits per heavy atom. The zero-order valence-corrected chi connectivity index (χ0v) is 8.90. The number of rotatable bonds is 3. The van der Waals surface area contributed by atoms with E-state index in [1.165, 1.54) is 12.3 Å². The summed E-state index contributed by atoms with van der Waals surface area (Å²) in [7, 11) is 0. The Morgan fingerprint density at radius 3 is 2.94 bits per heavy atom. The van der Waals surface area contributed by atoms with Crippen LogP contribution in [0.3, 0.4) is 0 Å². The number of carbonyl (C=O) groups is 1. The minimum atomic E-state index is -0.285. The number of carbonyl (C=O) groups excluding carboxylic acids is 1. The van der Waals surface area contributed by atoms with Crippen LogP contribution in [0.4, 0.5) is 0 Å². The molecule has 1 aromatic rings. The molecule has 0 aliphatic heterocycles. The molecule has 0 fully saturated rings. The molecular formula is C12H11N3O. The normalized spacial score (nSPS) is 10.9. The van der Waals surface area contributed by atoms with Crippen LogP contribution in [-0.2, 0) is 0 Å². The van der Waals surface area contributed by atoms with E-state index in [-0.39, 0.29) is 17.6 Å². The Bertz CT molecular complexity index is 451. The lowest BCUT2D eigenvalue weighted by Crippen LogP contribution is -2.32. The van der Waals surface area contributed by atoms with Crippen LogP contribution in [0.25, 0.3) is 0 Å². The van der Waals surface area contributed by atoms with E-state index in [2.05, 4.69) is 16.2 Å². The van der Waals surface area contributed by atoms with E-state index in [9.17, 15) is 4.79 Å². The van der Waals surface area contributed by atoms with E-state index >= 15 is 0 Å². The van der Waals surface area contributed by atoms with Crippen LogP contribution in [0.1, 0.15) is 29.4 Å². The van der Waals surface area contributed by atoms with Gasteiger partial charge in [0.25, 0.3) is 5.91 Å². The summed E-state index contributed by atoms with van der Waals surface area (Å²) in [6.07, 6.45) is 6.96. The van der Waals surface area contributed by atoms with Gasteiger partial charge in [-0.1, -0.05) is 0 Å². The van der Waals surface area contributed by atoms with E-state index in [1.807, 2.05) is 13.0 Å². The minimum absolute atomic E-state index is 0.0880. The number of hydrogen-bond acceptors (Lipinski definition) is 3. The van der Waals surface area contributed by atoms with Crippen LogP contribution < -0.4 is 5.32 Å². The molecule has 0 saturated heterocycles. The van der Waals surface area contributed by atoms with Crippen molar-refractivity contribution in [1.82, 2.24) is 10.3 Å². The molecule has 1 rings (SSSR count). The third-order valence-corrected chi connectivity index (χ3v) is 1.93. The van der Waals surface area contributed by atoms with E-state index in [1.54, 1.807) is 6.07 Å². The second-order valence-corrected chi connectivity index (χ2v) is 3.33. The SMILES string of the molecule is C#CCC(C)NC(=O)c1ccc(C#N)cn1. The lowest BCUT2D eigenvalue weighted by atomic mass is 10.2. The van der Waals surface area contributed by atoms with Crippen molar-refractivity contribution in [3.8, 4) is 18.4 Å². The van der Waals surface area contributed by atoms with Crippen LogP contribution in [0.15, 0.2) is 18.3 Å². The van der Waals surface area contributed by atoms with Crippen molar-refractivity contribution < 1.29 is 4.79 Å².